The summed E-state index contributed by atoms with van der Waals surface area (Å²) < 4.78 is 16.3. The molecule has 0 spiro atoms. The van der Waals surface area contributed by atoms with Crippen LogP contribution in [0.2, 0.25) is 0 Å². The molecule has 3 aromatic carbocycles. The molecular weight excluding hydrogens is 460 g/mol. The van der Waals surface area contributed by atoms with Crippen molar-refractivity contribution in [2.45, 2.75) is 12.6 Å². The number of nitrogens with zero attached hydrogens (tertiary/aromatic N) is 1. The number of carbonyl (C=O) groups excluding carboxylic acids is 2. The van der Waals surface area contributed by atoms with Gasteiger partial charge in [0.15, 0.2) is 11.5 Å². The number of fused-ring (bicyclic) bond motifs is 2. The van der Waals surface area contributed by atoms with Crippen LogP contribution in [0.4, 0.5) is 0 Å². The lowest BCUT2D eigenvalue weighted by molar-refractivity contribution is -0.140. The molecule has 36 heavy (non-hydrogen) atoms. The molecule has 8 nitrogen and oxygen atoms in total. The van der Waals surface area contributed by atoms with E-state index in [1.54, 1.807) is 43.6 Å². The van der Waals surface area contributed by atoms with E-state index < -0.39 is 17.7 Å². The number of hydrogen-bond acceptors (Lipinski definition) is 6. The molecule has 1 atom stereocenters. The first-order chi connectivity index (χ1) is 17.5. The van der Waals surface area contributed by atoms with Gasteiger partial charge in [-0.25, -0.2) is 0 Å². The van der Waals surface area contributed by atoms with E-state index in [4.69, 9.17) is 14.2 Å². The second-order valence-corrected chi connectivity index (χ2v) is 8.64. The molecule has 3 heterocycles. The van der Waals surface area contributed by atoms with Gasteiger partial charge in [-0.15, -0.1) is 0 Å². The number of aliphatic hydroxyl groups is 1. The average Bonchev–Trinajstić information content (AvgIpc) is 3.61. The summed E-state index contributed by atoms with van der Waals surface area (Å²) in [6, 6.07) is 19.2. The smallest absolute Gasteiger partial charge is 0.295 e. The first-order valence-corrected chi connectivity index (χ1v) is 11.4. The highest BCUT2D eigenvalue weighted by molar-refractivity contribution is 6.46. The van der Waals surface area contributed by atoms with Gasteiger partial charge in [0, 0.05) is 29.2 Å². The third kappa shape index (κ3) is 3.46. The maximum absolute atomic E-state index is 13.4. The van der Waals surface area contributed by atoms with Gasteiger partial charge >= 0.3 is 0 Å². The lowest BCUT2D eigenvalue weighted by Crippen LogP contribution is -2.29. The number of methoxy groups -OCH3 is 1. The van der Waals surface area contributed by atoms with Crippen LogP contribution >= 0.6 is 0 Å². The quantitative estimate of drug-likeness (QED) is 0.246. The Morgan fingerprint density at radius 3 is 2.75 bits per heavy atom. The zero-order valence-electron chi connectivity index (χ0n) is 19.4. The van der Waals surface area contributed by atoms with Crippen molar-refractivity contribution in [2.75, 3.05) is 13.9 Å². The van der Waals surface area contributed by atoms with Crippen LogP contribution in [0.5, 0.6) is 17.2 Å². The molecule has 0 aliphatic carbocycles. The summed E-state index contributed by atoms with van der Waals surface area (Å²) in [5, 5.41) is 12.2. The van der Waals surface area contributed by atoms with Crippen molar-refractivity contribution < 1.29 is 28.9 Å². The minimum Gasteiger partial charge on any atom is -0.507 e. The van der Waals surface area contributed by atoms with Crippen LogP contribution in [0, 0.1) is 0 Å². The molecule has 2 N–H and O–H groups in total. The van der Waals surface area contributed by atoms with Crippen LogP contribution in [0.1, 0.15) is 22.7 Å². The second kappa shape index (κ2) is 8.49. The van der Waals surface area contributed by atoms with Crippen molar-refractivity contribution in [1.82, 2.24) is 9.88 Å². The third-order valence-electron chi connectivity index (χ3n) is 6.58. The van der Waals surface area contributed by atoms with Crippen molar-refractivity contribution in [3.05, 3.63) is 95.2 Å². The molecule has 1 unspecified atom stereocenters. The van der Waals surface area contributed by atoms with E-state index in [0.29, 0.717) is 28.4 Å². The summed E-state index contributed by atoms with van der Waals surface area (Å²) in [7, 11) is 1.55. The Kier molecular flexibility index (Phi) is 5.14. The van der Waals surface area contributed by atoms with Gasteiger partial charge < -0.3 is 29.2 Å². The number of ketones is 1. The van der Waals surface area contributed by atoms with Crippen LogP contribution in [0.3, 0.4) is 0 Å². The summed E-state index contributed by atoms with van der Waals surface area (Å²) in [5.74, 6) is 0.124. The number of nitrogens with one attached hydrogen (secondary N) is 1. The standard InChI is InChI=1S/C28H22N2O6/c1-34-18-6-4-5-17(12-18)25-24(26(31)20-13-29-21-8-3-2-7-19(20)21)27(32)28(33)30(25)14-16-9-10-22-23(11-16)36-15-35-22/h2-13,25,29,31H,14-15H2,1H3/b26-24-. The molecule has 6 rings (SSSR count). The number of Topliss-reactive ketones (excluding diaryl/α,β-unsaturated/α-hetero) is 1. The van der Waals surface area contributed by atoms with Crippen LogP contribution in [-0.2, 0) is 16.1 Å². The van der Waals surface area contributed by atoms with Gasteiger partial charge in [-0.1, -0.05) is 36.4 Å². The molecule has 8 heteroatoms. The predicted molar refractivity (Wildman–Crippen MR) is 132 cm³/mol. The number of ether oxygens (including phenoxy) is 3. The molecule has 4 aromatic rings. The Balaban J connectivity index is 1.50. The topological polar surface area (TPSA) is 101 Å². The number of amides is 1. The van der Waals surface area contributed by atoms with E-state index in [0.717, 1.165) is 16.5 Å². The summed E-state index contributed by atoms with van der Waals surface area (Å²) in [4.78, 5) is 31.4. The molecule has 0 radical (unpaired) electrons. The SMILES string of the molecule is COc1cccc(C2/C(=C(/O)c3c[nH]c4ccccc34)C(=O)C(=O)N2Cc2ccc3c(c2)OCO3)c1. The summed E-state index contributed by atoms with van der Waals surface area (Å²) in [6.45, 7) is 0.269. The average molecular weight is 482 g/mol. The fraction of sp³-hybridized carbons (Fsp3) is 0.143. The van der Waals surface area contributed by atoms with E-state index in [1.165, 1.54) is 4.90 Å². The van der Waals surface area contributed by atoms with Gasteiger partial charge in [0.1, 0.15) is 11.5 Å². The number of likely N-dealkylation sites (tertiary alicyclic amines) is 1. The fourth-order valence-electron chi connectivity index (χ4n) is 4.85. The van der Waals surface area contributed by atoms with Crippen molar-refractivity contribution in [3.8, 4) is 17.2 Å². The molecular formula is C28H22N2O6. The number of rotatable bonds is 5. The normalized spacial score (nSPS) is 18.2. The Morgan fingerprint density at radius 1 is 1.06 bits per heavy atom. The van der Waals surface area contributed by atoms with Crippen LogP contribution in [0.25, 0.3) is 16.7 Å². The van der Waals surface area contributed by atoms with E-state index in [-0.39, 0.29) is 24.7 Å². The highest BCUT2D eigenvalue weighted by Gasteiger charge is 2.46. The highest BCUT2D eigenvalue weighted by Crippen LogP contribution is 2.42. The Hall–Kier alpha value is -4.72. The minimum absolute atomic E-state index is 0.0266. The third-order valence-corrected chi connectivity index (χ3v) is 6.58. The predicted octanol–water partition coefficient (Wildman–Crippen LogP) is 4.53. The van der Waals surface area contributed by atoms with Gasteiger partial charge in [0.2, 0.25) is 6.79 Å². The maximum atomic E-state index is 13.4. The first-order valence-electron chi connectivity index (χ1n) is 11.4. The van der Waals surface area contributed by atoms with E-state index in [2.05, 4.69) is 4.98 Å². The van der Waals surface area contributed by atoms with Crippen molar-refractivity contribution >= 4 is 28.4 Å². The van der Waals surface area contributed by atoms with Crippen LogP contribution in [0.15, 0.2) is 78.5 Å². The molecule has 0 saturated carbocycles. The largest absolute Gasteiger partial charge is 0.507 e. The molecule has 2 aliphatic rings. The number of benzene rings is 3. The van der Waals surface area contributed by atoms with Gasteiger partial charge in [-0.2, -0.15) is 0 Å². The Morgan fingerprint density at radius 2 is 1.89 bits per heavy atom. The molecule has 1 saturated heterocycles. The molecule has 1 fully saturated rings. The van der Waals surface area contributed by atoms with E-state index in [9.17, 15) is 14.7 Å². The molecule has 1 amide bonds. The van der Waals surface area contributed by atoms with Crippen molar-refractivity contribution in [2.24, 2.45) is 0 Å². The highest BCUT2D eigenvalue weighted by atomic mass is 16.7. The van der Waals surface area contributed by atoms with Crippen molar-refractivity contribution in [3.63, 3.8) is 0 Å². The number of H-pyrrole nitrogens is 1. The first kappa shape index (κ1) is 21.8. The monoisotopic (exact) mass is 482 g/mol. The summed E-state index contributed by atoms with van der Waals surface area (Å²) >= 11 is 0. The van der Waals surface area contributed by atoms with Gasteiger partial charge in [0.05, 0.1) is 18.7 Å². The molecule has 180 valence electrons. The Labute approximate surface area is 206 Å². The summed E-state index contributed by atoms with van der Waals surface area (Å²) in [6.07, 6.45) is 1.65. The molecule has 0 bridgehead atoms. The summed E-state index contributed by atoms with van der Waals surface area (Å²) in [5.41, 5.74) is 2.71. The van der Waals surface area contributed by atoms with Gasteiger partial charge in [-0.3, -0.25) is 9.59 Å². The van der Waals surface area contributed by atoms with Gasteiger partial charge in [0.25, 0.3) is 11.7 Å². The number of carbonyl (C=O) groups is 2. The zero-order valence-corrected chi connectivity index (χ0v) is 19.4. The van der Waals surface area contributed by atoms with Gasteiger partial charge in [-0.05, 0) is 41.5 Å². The van der Waals surface area contributed by atoms with E-state index in [1.807, 2.05) is 36.4 Å². The Bertz CT molecular complexity index is 1550. The zero-order chi connectivity index (χ0) is 24.8. The number of hydrogen-bond donors (Lipinski definition) is 2. The van der Waals surface area contributed by atoms with Crippen LogP contribution in [-0.4, -0.2) is 40.6 Å². The van der Waals surface area contributed by atoms with Crippen molar-refractivity contribution in [1.29, 1.82) is 0 Å². The molecule has 1 aromatic heterocycles. The van der Waals surface area contributed by atoms with Crippen LogP contribution < -0.4 is 14.2 Å². The maximum Gasteiger partial charge on any atom is 0.295 e. The number of para-hydroxylation sites is 1. The minimum atomic E-state index is -0.820. The van der Waals surface area contributed by atoms with E-state index >= 15 is 0 Å². The fourth-order valence-corrected chi connectivity index (χ4v) is 4.85. The molecule has 2 aliphatic heterocycles. The number of aliphatic hydroxyl groups excluding tert-OH is 1. The number of aromatic amines is 1. The second-order valence-electron chi connectivity index (χ2n) is 8.64. The lowest BCUT2D eigenvalue weighted by atomic mass is 9.95. The number of aromatic nitrogens is 1. The lowest BCUT2D eigenvalue weighted by Gasteiger charge is -2.25.